The van der Waals surface area contributed by atoms with Crippen LogP contribution in [0.2, 0.25) is 5.02 Å². The Morgan fingerprint density at radius 1 is 1.15 bits per heavy atom. The smallest absolute Gasteiger partial charge is 0.338 e. The van der Waals surface area contributed by atoms with Crippen LogP contribution >= 0.6 is 11.6 Å². The second-order valence-electron chi connectivity index (χ2n) is 4.20. The minimum Gasteiger partial charge on any atom is -0.478 e. The molecule has 2 rings (SSSR count). The maximum atomic E-state index is 13.8. The van der Waals surface area contributed by atoms with Crippen molar-refractivity contribution >= 4 is 17.6 Å². The largest absolute Gasteiger partial charge is 0.478 e. The number of aromatic carboxylic acids is 1. The maximum Gasteiger partial charge on any atom is 0.338 e. The summed E-state index contributed by atoms with van der Waals surface area (Å²) in [6.45, 7) is 0.309. The molecule has 0 aliphatic heterocycles. The molecule has 5 heteroatoms. The summed E-state index contributed by atoms with van der Waals surface area (Å²) < 4.78 is 19.2. The molecule has 0 spiro atoms. The number of carboxylic acid groups (broad SMARTS) is 1. The van der Waals surface area contributed by atoms with Crippen molar-refractivity contribution in [2.45, 2.75) is 13.2 Å². The number of benzene rings is 2. The molecule has 0 radical (unpaired) electrons. The molecule has 0 saturated heterocycles. The monoisotopic (exact) mass is 294 g/mol. The zero-order chi connectivity index (χ0) is 14.5. The Labute approximate surface area is 120 Å². The van der Waals surface area contributed by atoms with Crippen molar-refractivity contribution in [1.82, 2.24) is 0 Å². The number of hydrogen-bond acceptors (Lipinski definition) is 2. The first kappa shape index (κ1) is 14.5. The second kappa shape index (κ2) is 6.50. The van der Waals surface area contributed by atoms with Gasteiger partial charge in [-0.15, -0.1) is 0 Å². The van der Waals surface area contributed by atoms with Gasteiger partial charge < -0.3 is 9.84 Å². The van der Waals surface area contributed by atoms with E-state index in [1.165, 1.54) is 18.2 Å². The van der Waals surface area contributed by atoms with Gasteiger partial charge in [-0.1, -0.05) is 35.9 Å². The molecule has 104 valence electrons. The van der Waals surface area contributed by atoms with Crippen LogP contribution in [0.3, 0.4) is 0 Å². The van der Waals surface area contributed by atoms with Gasteiger partial charge in [-0.05, 0) is 23.8 Å². The van der Waals surface area contributed by atoms with E-state index in [2.05, 4.69) is 0 Å². The van der Waals surface area contributed by atoms with Gasteiger partial charge in [0.1, 0.15) is 5.82 Å². The van der Waals surface area contributed by atoms with Gasteiger partial charge in [-0.25, -0.2) is 9.18 Å². The van der Waals surface area contributed by atoms with Crippen LogP contribution in [0.15, 0.2) is 42.5 Å². The normalized spacial score (nSPS) is 10.5. The first-order valence-electron chi connectivity index (χ1n) is 5.91. The molecule has 0 amide bonds. The summed E-state index contributed by atoms with van der Waals surface area (Å²) in [6.07, 6.45) is 0. The van der Waals surface area contributed by atoms with E-state index in [0.717, 1.165) is 5.56 Å². The molecule has 2 aromatic rings. The van der Waals surface area contributed by atoms with E-state index >= 15 is 0 Å². The number of carbonyl (C=O) groups is 1. The van der Waals surface area contributed by atoms with Crippen molar-refractivity contribution in [1.29, 1.82) is 0 Å². The number of halogens is 2. The van der Waals surface area contributed by atoms with Gasteiger partial charge in [0.05, 0.1) is 18.8 Å². The summed E-state index contributed by atoms with van der Waals surface area (Å²) in [5, 5.41) is 9.46. The Kier molecular flexibility index (Phi) is 4.71. The highest BCUT2D eigenvalue weighted by Crippen LogP contribution is 2.15. The Morgan fingerprint density at radius 3 is 2.50 bits per heavy atom. The van der Waals surface area contributed by atoms with E-state index in [1.54, 1.807) is 12.1 Å². The van der Waals surface area contributed by atoms with Crippen molar-refractivity contribution in [3.05, 3.63) is 70.0 Å². The lowest BCUT2D eigenvalue weighted by Gasteiger charge is -2.07. The third-order valence-electron chi connectivity index (χ3n) is 2.75. The fourth-order valence-electron chi connectivity index (χ4n) is 1.72. The topological polar surface area (TPSA) is 46.5 Å². The number of hydrogen-bond donors (Lipinski definition) is 1. The van der Waals surface area contributed by atoms with Gasteiger partial charge in [0.25, 0.3) is 0 Å². The van der Waals surface area contributed by atoms with E-state index < -0.39 is 11.8 Å². The summed E-state index contributed by atoms with van der Waals surface area (Å²) in [7, 11) is 0. The molecule has 2 aromatic carbocycles. The SMILES string of the molecule is O=C(O)c1cccc(COCc2ccc(Cl)cc2)c1F. The number of ether oxygens (including phenoxy) is 1. The fraction of sp³-hybridized carbons (Fsp3) is 0.133. The molecule has 0 aliphatic rings. The van der Waals surface area contributed by atoms with Crippen LogP contribution in [0.4, 0.5) is 4.39 Å². The lowest BCUT2D eigenvalue weighted by Crippen LogP contribution is -2.05. The lowest BCUT2D eigenvalue weighted by molar-refractivity contribution is 0.0689. The van der Waals surface area contributed by atoms with Crippen molar-refractivity contribution < 1.29 is 19.0 Å². The van der Waals surface area contributed by atoms with Crippen LogP contribution in [0.1, 0.15) is 21.5 Å². The highest BCUT2D eigenvalue weighted by atomic mass is 35.5. The molecule has 0 heterocycles. The van der Waals surface area contributed by atoms with Gasteiger partial charge in [0.2, 0.25) is 0 Å². The standard InChI is InChI=1S/C15H12ClFO3/c16-12-6-4-10(5-7-12)8-20-9-11-2-1-3-13(14(11)17)15(18)19/h1-7H,8-9H2,(H,18,19). The molecule has 0 fully saturated rings. The number of carboxylic acids is 1. The Morgan fingerprint density at radius 2 is 1.85 bits per heavy atom. The third-order valence-corrected chi connectivity index (χ3v) is 3.00. The second-order valence-corrected chi connectivity index (χ2v) is 4.64. The van der Waals surface area contributed by atoms with Gasteiger partial charge in [-0.3, -0.25) is 0 Å². The maximum absolute atomic E-state index is 13.8. The molecule has 0 aliphatic carbocycles. The van der Waals surface area contributed by atoms with Gasteiger partial charge in [-0.2, -0.15) is 0 Å². The fourth-order valence-corrected chi connectivity index (χ4v) is 1.84. The van der Waals surface area contributed by atoms with Crippen LogP contribution in [0.25, 0.3) is 0 Å². The highest BCUT2D eigenvalue weighted by Gasteiger charge is 2.13. The summed E-state index contributed by atoms with van der Waals surface area (Å²) in [6, 6.07) is 11.3. The summed E-state index contributed by atoms with van der Waals surface area (Å²) >= 11 is 5.76. The van der Waals surface area contributed by atoms with Gasteiger partial charge in [0, 0.05) is 10.6 Å². The average molecular weight is 295 g/mol. The molecule has 3 nitrogen and oxygen atoms in total. The molecule has 0 unspecified atom stereocenters. The minimum absolute atomic E-state index is 0.00950. The van der Waals surface area contributed by atoms with Crippen molar-refractivity contribution in [2.75, 3.05) is 0 Å². The summed E-state index contributed by atoms with van der Waals surface area (Å²) in [5.74, 6) is -2.04. The Bertz CT molecular complexity index is 611. The molecule has 20 heavy (non-hydrogen) atoms. The Hall–Kier alpha value is -1.91. The van der Waals surface area contributed by atoms with E-state index in [-0.39, 0.29) is 17.7 Å². The van der Waals surface area contributed by atoms with Crippen LogP contribution in [-0.4, -0.2) is 11.1 Å². The number of rotatable bonds is 5. The van der Waals surface area contributed by atoms with Crippen LogP contribution in [-0.2, 0) is 18.0 Å². The van der Waals surface area contributed by atoms with Crippen LogP contribution in [0, 0.1) is 5.82 Å². The molecule has 0 atom stereocenters. The van der Waals surface area contributed by atoms with Crippen molar-refractivity contribution in [2.24, 2.45) is 0 Å². The van der Waals surface area contributed by atoms with Crippen molar-refractivity contribution in [3.8, 4) is 0 Å². The predicted molar refractivity (Wildman–Crippen MR) is 73.3 cm³/mol. The van der Waals surface area contributed by atoms with Gasteiger partial charge >= 0.3 is 5.97 Å². The molecular formula is C15H12ClFO3. The summed E-state index contributed by atoms with van der Waals surface area (Å²) in [5.41, 5.74) is 0.778. The minimum atomic E-state index is -1.29. The molecule has 1 N–H and O–H groups in total. The average Bonchev–Trinajstić information content (AvgIpc) is 2.42. The first-order valence-corrected chi connectivity index (χ1v) is 6.28. The lowest BCUT2D eigenvalue weighted by atomic mass is 10.1. The van der Waals surface area contributed by atoms with Gasteiger partial charge in [0.15, 0.2) is 0 Å². The van der Waals surface area contributed by atoms with Crippen molar-refractivity contribution in [3.63, 3.8) is 0 Å². The third kappa shape index (κ3) is 3.56. The van der Waals surface area contributed by atoms with E-state index in [0.29, 0.717) is 11.6 Å². The van der Waals surface area contributed by atoms with E-state index in [4.69, 9.17) is 21.4 Å². The van der Waals surface area contributed by atoms with Crippen LogP contribution in [0.5, 0.6) is 0 Å². The predicted octanol–water partition coefficient (Wildman–Crippen LogP) is 3.89. The quantitative estimate of drug-likeness (QED) is 0.910. The zero-order valence-corrected chi connectivity index (χ0v) is 11.2. The Balaban J connectivity index is 1.99. The van der Waals surface area contributed by atoms with Crippen LogP contribution < -0.4 is 0 Å². The van der Waals surface area contributed by atoms with E-state index in [9.17, 15) is 9.18 Å². The zero-order valence-electron chi connectivity index (χ0n) is 10.5. The molecular weight excluding hydrogens is 283 g/mol. The molecule has 0 saturated carbocycles. The van der Waals surface area contributed by atoms with E-state index in [1.807, 2.05) is 12.1 Å². The molecule has 0 aromatic heterocycles. The summed E-state index contributed by atoms with van der Waals surface area (Å²) in [4.78, 5) is 10.8. The first-order chi connectivity index (χ1) is 9.58. The highest BCUT2D eigenvalue weighted by molar-refractivity contribution is 6.30. The molecule has 0 bridgehead atoms.